The molecule has 0 spiro atoms. The summed E-state index contributed by atoms with van der Waals surface area (Å²) in [6.45, 7) is 1.60. The predicted octanol–water partition coefficient (Wildman–Crippen LogP) is -0.384. The molecule has 5 nitrogen and oxygen atoms in total. The van der Waals surface area contributed by atoms with E-state index in [0.717, 1.165) is 25.9 Å². The van der Waals surface area contributed by atoms with Gasteiger partial charge in [-0.15, -0.1) is 0 Å². The minimum absolute atomic E-state index is 0.120. The Labute approximate surface area is 71.0 Å². The maximum atomic E-state index is 11.1. The highest BCUT2D eigenvalue weighted by Crippen LogP contribution is 2.07. The van der Waals surface area contributed by atoms with Gasteiger partial charge in [0.2, 0.25) is 5.84 Å². The molecule has 0 aliphatic carbocycles. The Kier molecular flexibility index (Phi) is 2.90. The van der Waals surface area contributed by atoms with Gasteiger partial charge in [0.1, 0.15) is 0 Å². The van der Waals surface area contributed by atoms with E-state index in [9.17, 15) is 4.79 Å². The lowest BCUT2D eigenvalue weighted by atomic mass is 10.4. The molecule has 0 atom stereocenters. The van der Waals surface area contributed by atoms with Crippen molar-refractivity contribution in [3.05, 3.63) is 0 Å². The summed E-state index contributed by atoms with van der Waals surface area (Å²) in [5.74, 6) is -0.214. The van der Waals surface area contributed by atoms with Gasteiger partial charge in [-0.1, -0.05) is 5.16 Å². The highest BCUT2D eigenvalue weighted by Gasteiger charge is 2.21. The second kappa shape index (κ2) is 3.94. The van der Waals surface area contributed by atoms with Gasteiger partial charge in [-0.2, -0.15) is 0 Å². The van der Waals surface area contributed by atoms with Crippen LogP contribution in [0.4, 0.5) is 0 Å². The maximum Gasteiger partial charge on any atom is 0.290 e. The van der Waals surface area contributed by atoms with Crippen molar-refractivity contribution < 1.29 is 10.0 Å². The van der Waals surface area contributed by atoms with E-state index in [1.54, 1.807) is 4.90 Å². The average molecular weight is 171 g/mol. The van der Waals surface area contributed by atoms with Crippen molar-refractivity contribution in [3.63, 3.8) is 0 Å². The fourth-order valence-corrected chi connectivity index (χ4v) is 1.29. The minimum atomic E-state index is -0.334. The minimum Gasteiger partial charge on any atom is -0.409 e. The largest absolute Gasteiger partial charge is 0.409 e. The molecule has 1 saturated heterocycles. The van der Waals surface area contributed by atoms with Crippen LogP contribution in [0.2, 0.25) is 0 Å². The van der Waals surface area contributed by atoms with Gasteiger partial charge in [-0.3, -0.25) is 4.79 Å². The summed E-state index contributed by atoms with van der Waals surface area (Å²) < 4.78 is 0. The number of carbonyl (C=O) groups is 1. The van der Waals surface area contributed by atoms with Gasteiger partial charge in [0.25, 0.3) is 5.91 Å². The molecule has 1 heterocycles. The van der Waals surface area contributed by atoms with Crippen molar-refractivity contribution in [2.45, 2.75) is 12.8 Å². The quantitative estimate of drug-likeness (QED) is 0.226. The van der Waals surface area contributed by atoms with E-state index in [4.69, 9.17) is 5.21 Å². The van der Waals surface area contributed by atoms with Crippen LogP contribution in [0.1, 0.15) is 12.8 Å². The third-order valence-electron chi connectivity index (χ3n) is 1.93. The van der Waals surface area contributed by atoms with Gasteiger partial charge in [0, 0.05) is 20.1 Å². The zero-order valence-corrected chi connectivity index (χ0v) is 7.08. The summed E-state index contributed by atoms with van der Waals surface area (Å²) in [4.78, 5) is 12.9. The summed E-state index contributed by atoms with van der Waals surface area (Å²) >= 11 is 0. The van der Waals surface area contributed by atoms with Crippen LogP contribution in [0.5, 0.6) is 0 Å². The molecule has 2 N–H and O–H groups in total. The highest BCUT2D eigenvalue weighted by molar-refractivity contribution is 6.37. The molecule has 0 saturated carbocycles. The Hall–Kier alpha value is -1.26. The van der Waals surface area contributed by atoms with E-state index in [1.807, 2.05) is 0 Å². The fourth-order valence-electron chi connectivity index (χ4n) is 1.29. The molecule has 1 aliphatic heterocycles. The van der Waals surface area contributed by atoms with Crippen molar-refractivity contribution >= 4 is 11.7 Å². The van der Waals surface area contributed by atoms with Crippen LogP contribution in [-0.2, 0) is 4.79 Å². The Bertz CT molecular complexity index is 197. The van der Waals surface area contributed by atoms with Crippen molar-refractivity contribution in [1.29, 1.82) is 0 Å². The van der Waals surface area contributed by atoms with Crippen LogP contribution >= 0.6 is 0 Å². The third kappa shape index (κ3) is 1.66. The lowest BCUT2D eigenvalue weighted by Crippen LogP contribution is -2.40. The summed E-state index contributed by atoms with van der Waals surface area (Å²) in [6.07, 6.45) is 2.10. The second-order valence-electron chi connectivity index (χ2n) is 2.70. The number of hydrogen-bond donors (Lipinski definition) is 2. The maximum absolute atomic E-state index is 11.1. The molecule has 5 heteroatoms. The van der Waals surface area contributed by atoms with E-state index in [0.29, 0.717) is 0 Å². The van der Waals surface area contributed by atoms with Gasteiger partial charge in [0.05, 0.1) is 0 Å². The molecular formula is C7H13N3O2. The first kappa shape index (κ1) is 8.83. The van der Waals surface area contributed by atoms with E-state index in [1.165, 1.54) is 7.05 Å². The number of hydrogen-bond acceptors (Lipinski definition) is 3. The number of rotatable bonds is 0. The number of amides is 1. The van der Waals surface area contributed by atoms with E-state index < -0.39 is 0 Å². The Morgan fingerprint density at radius 2 is 2.08 bits per heavy atom. The number of likely N-dealkylation sites (tertiary alicyclic amines) is 1. The number of oxime groups is 1. The standard InChI is InChI=1S/C7H13N3O2/c1-8-7(11)6(9-12)10-4-2-3-5-10/h12H,2-5H2,1H3,(H,8,11)/b9-6+. The molecule has 1 fully saturated rings. The first-order valence-electron chi connectivity index (χ1n) is 3.98. The van der Waals surface area contributed by atoms with Gasteiger partial charge in [0.15, 0.2) is 0 Å². The molecule has 0 aromatic heterocycles. The zero-order chi connectivity index (χ0) is 8.97. The predicted molar refractivity (Wildman–Crippen MR) is 44.1 cm³/mol. The van der Waals surface area contributed by atoms with Crippen LogP contribution in [0.3, 0.4) is 0 Å². The topological polar surface area (TPSA) is 64.9 Å². The lowest BCUT2D eigenvalue weighted by Gasteiger charge is -2.16. The van der Waals surface area contributed by atoms with E-state index in [2.05, 4.69) is 10.5 Å². The van der Waals surface area contributed by atoms with Gasteiger partial charge in [-0.25, -0.2) is 0 Å². The molecule has 1 amide bonds. The molecule has 68 valence electrons. The van der Waals surface area contributed by atoms with Crippen molar-refractivity contribution in [1.82, 2.24) is 10.2 Å². The van der Waals surface area contributed by atoms with Gasteiger partial charge >= 0.3 is 0 Å². The van der Waals surface area contributed by atoms with Crippen molar-refractivity contribution in [2.24, 2.45) is 5.16 Å². The van der Waals surface area contributed by atoms with Crippen LogP contribution in [0, 0.1) is 0 Å². The van der Waals surface area contributed by atoms with E-state index >= 15 is 0 Å². The monoisotopic (exact) mass is 171 g/mol. The van der Waals surface area contributed by atoms with Crippen molar-refractivity contribution in [2.75, 3.05) is 20.1 Å². The third-order valence-corrected chi connectivity index (χ3v) is 1.93. The summed E-state index contributed by atoms with van der Waals surface area (Å²) in [6, 6.07) is 0. The molecule has 0 aromatic carbocycles. The Morgan fingerprint density at radius 1 is 1.50 bits per heavy atom. The Morgan fingerprint density at radius 3 is 2.50 bits per heavy atom. The first-order valence-corrected chi connectivity index (χ1v) is 3.98. The summed E-state index contributed by atoms with van der Waals surface area (Å²) in [5.41, 5.74) is 0. The summed E-state index contributed by atoms with van der Waals surface area (Å²) in [7, 11) is 1.52. The first-order chi connectivity index (χ1) is 5.79. The Balaban J connectivity index is 2.61. The number of carbonyl (C=O) groups excluding carboxylic acids is 1. The number of nitrogens with zero attached hydrogens (tertiary/aromatic N) is 2. The SMILES string of the molecule is CNC(=O)/C(=N\O)N1CCCC1. The van der Waals surface area contributed by atoms with Gasteiger partial charge in [-0.05, 0) is 12.8 Å². The number of nitrogens with one attached hydrogen (secondary N) is 1. The van der Waals surface area contributed by atoms with Gasteiger partial charge < -0.3 is 15.4 Å². The molecule has 1 aliphatic rings. The van der Waals surface area contributed by atoms with E-state index in [-0.39, 0.29) is 11.7 Å². The number of likely N-dealkylation sites (N-methyl/N-ethyl adjacent to an activating group) is 1. The van der Waals surface area contributed by atoms with Crippen LogP contribution < -0.4 is 5.32 Å². The smallest absolute Gasteiger partial charge is 0.290 e. The number of amidine groups is 1. The van der Waals surface area contributed by atoms with Crippen LogP contribution in [0.25, 0.3) is 0 Å². The summed E-state index contributed by atoms with van der Waals surface area (Å²) in [5, 5.41) is 14.0. The normalized spacial score (nSPS) is 18.1. The molecule has 0 aromatic rings. The second-order valence-corrected chi connectivity index (χ2v) is 2.70. The molecule has 0 bridgehead atoms. The average Bonchev–Trinajstić information content (AvgIpc) is 2.58. The molecule has 12 heavy (non-hydrogen) atoms. The highest BCUT2D eigenvalue weighted by atomic mass is 16.4. The fraction of sp³-hybridized carbons (Fsp3) is 0.714. The van der Waals surface area contributed by atoms with Crippen LogP contribution in [-0.4, -0.2) is 42.0 Å². The lowest BCUT2D eigenvalue weighted by molar-refractivity contribution is -0.115. The van der Waals surface area contributed by atoms with Crippen molar-refractivity contribution in [3.8, 4) is 0 Å². The molecule has 0 radical (unpaired) electrons. The molecule has 1 rings (SSSR count). The zero-order valence-electron chi connectivity index (χ0n) is 7.08. The molecule has 0 unspecified atom stereocenters. The molecular weight excluding hydrogens is 158 g/mol. The van der Waals surface area contributed by atoms with Crippen LogP contribution in [0.15, 0.2) is 5.16 Å².